The molecule has 2 N–H and O–H groups in total. The van der Waals surface area contributed by atoms with Gasteiger partial charge in [-0.2, -0.15) is 0 Å². The van der Waals surface area contributed by atoms with Crippen molar-refractivity contribution in [1.82, 2.24) is 4.90 Å². The van der Waals surface area contributed by atoms with Gasteiger partial charge in [0, 0.05) is 18.0 Å². The number of sulfone groups is 1. The zero-order valence-corrected chi connectivity index (χ0v) is 14.9. The first kappa shape index (κ1) is 17.4. The fourth-order valence-electron chi connectivity index (χ4n) is 2.35. The van der Waals surface area contributed by atoms with E-state index in [0.29, 0.717) is 16.9 Å². The van der Waals surface area contributed by atoms with Crippen LogP contribution in [0.2, 0.25) is 0 Å². The molecule has 0 aliphatic carbocycles. The van der Waals surface area contributed by atoms with Crippen molar-refractivity contribution >= 4 is 37.1 Å². The van der Waals surface area contributed by atoms with Crippen LogP contribution in [0.15, 0.2) is 14.5 Å². The van der Waals surface area contributed by atoms with Crippen LogP contribution in [0, 0.1) is 5.92 Å². The van der Waals surface area contributed by atoms with Crippen LogP contribution in [0.5, 0.6) is 0 Å². The summed E-state index contributed by atoms with van der Waals surface area (Å²) in [4.78, 5) is 13.8. The second-order valence-electron chi connectivity index (χ2n) is 5.53. The van der Waals surface area contributed by atoms with E-state index in [1.807, 2.05) is 0 Å². The highest BCUT2D eigenvalue weighted by Gasteiger charge is 2.36. The average molecular weight is 366 g/mol. The van der Waals surface area contributed by atoms with E-state index >= 15 is 0 Å². The smallest absolute Gasteiger partial charge is 0.247 e. The molecular weight excluding hydrogens is 348 g/mol. The predicted octanol–water partition coefficient (Wildman–Crippen LogP) is 0.728. The highest BCUT2D eigenvalue weighted by atomic mass is 32.3. The number of hydrogen-bond acceptors (Lipinski definition) is 6. The number of hydrogen-bond donors (Lipinski definition) is 1. The molecule has 1 aliphatic rings. The van der Waals surface area contributed by atoms with Crippen molar-refractivity contribution in [3.8, 4) is 0 Å². The van der Waals surface area contributed by atoms with E-state index < -0.39 is 25.9 Å². The molecule has 10 heteroatoms. The van der Waals surface area contributed by atoms with Crippen LogP contribution >= 0.6 is 11.3 Å². The summed E-state index contributed by atoms with van der Waals surface area (Å²) < 4.78 is 47.5. The third-order valence-corrected chi connectivity index (χ3v) is 8.46. The maximum Gasteiger partial charge on any atom is 0.247 e. The summed E-state index contributed by atoms with van der Waals surface area (Å²) in [5.41, 5.74) is 0.320. The van der Waals surface area contributed by atoms with Gasteiger partial charge in [0.05, 0.1) is 11.8 Å². The topological polar surface area (TPSA) is 115 Å². The number of primary sulfonamides is 1. The monoisotopic (exact) mass is 366 g/mol. The maximum absolute atomic E-state index is 12.4. The molecular formula is C12H18N2O5S3. The fraction of sp³-hybridized carbons (Fsp3) is 0.583. The summed E-state index contributed by atoms with van der Waals surface area (Å²) in [5, 5.41) is 5.09. The van der Waals surface area contributed by atoms with E-state index in [9.17, 15) is 21.6 Å². The van der Waals surface area contributed by atoms with Gasteiger partial charge in [0.25, 0.3) is 0 Å². The Hall–Kier alpha value is -0.970. The summed E-state index contributed by atoms with van der Waals surface area (Å²) >= 11 is 0.650. The summed E-state index contributed by atoms with van der Waals surface area (Å²) in [5.74, 6) is -0.671. The molecule has 0 unspecified atom stereocenters. The molecule has 2 rings (SSSR count). The number of nitrogens with two attached hydrogens (primary N) is 1. The summed E-state index contributed by atoms with van der Waals surface area (Å²) in [7, 11) is -7.62. The van der Waals surface area contributed by atoms with Gasteiger partial charge in [0.15, 0.2) is 9.84 Å². The van der Waals surface area contributed by atoms with Crippen molar-refractivity contribution in [3.05, 3.63) is 11.6 Å². The first-order valence-corrected chi connectivity index (χ1v) is 10.7. The number of carbonyl (C=O) groups excluding carboxylic acids is 1. The van der Waals surface area contributed by atoms with Crippen LogP contribution in [0.3, 0.4) is 0 Å². The van der Waals surface area contributed by atoms with Gasteiger partial charge < -0.3 is 4.90 Å². The minimum absolute atomic E-state index is 0.0110. The molecule has 0 aromatic carbocycles. The van der Waals surface area contributed by atoms with Gasteiger partial charge in [-0.1, -0.05) is 13.8 Å². The lowest BCUT2D eigenvalue weighted by molar-refractivity contribution is -0.136. The van der Waals surface area contributed by atoms with Crippen LogP contribution < -0.4 is 5.14 Å². The van der Waals surface area contributed by atoms with Gasteiger partial charge in [-0.3, -0.25) is 4.79 Å². The number of rotatable bonds is 2. The Morgan fingerprint density at radius 3 is 2.55 bits per heavy atom. The zero-order chi connectivity index (χ0) is 16.9. The average Bonchev–Trinajstić information content (AvgIpc) is 2.80. The summed E-state index contributed by atoms with van der Waals surface area (Å²) in [6.07, 6.45) is 0. The number of thiophene rings is 1. The molecule has 124 valence electrons. The molecule has 0 fully saturated rings. The number of nitrogens with zero attached hydrogens (tertiary/aromatic N) is 1. The SMILES string of the molecule is CC(C)C(=O)N1CCS(=O)(=O)c2sc(S(N)(=O)=O)cc2[C@H]1C. The van der Waals surface area contributed by atoms with Crippen LogP contribution in [0.1, 0.15) is 32.4 Å². The second kappa shape index (κ2) is 5.59. The molecule has 0 bridgehead atoms. The summed E-state index contributed by atoms with van der Waals surface area (Å²) in [6, 6.07) is 0.748. The Labute approximate surface area is 134 Å². The van der Waals surface area contributed by atoms with Crippen molar-refractivity contribution in [1.29, 1.82) is 0 Å². The largest absolute Gasteiger partial charge is 0.335 e. The zero-order valence-electron chi connectivity index (χ0n) is 12.4. The van der Waals surface area contributed by atoms with Crippen LogP contribution in [-0.4, -0.2) is 39.9 Å². The van der Waals surface area contributed by atoms with Crippen LogP contribution in [0.25, 0.3) is 0 Å². The van der Waals surface area contributed by atoms with Gasteiger partial charge in [-0.25, -0.2) is 22.0 Å². The van der Waals surface area contributed by atoms with E-state index in [1.165, 1.54) is 11.0 Å². The number of amides is 1. The van der Waals surface area contributed by atoms with E-state index in [-0.39, 0.29) is 32.5 Å². The van der Waals surface area contributed by atoms with E-state index in [4.69, 9.17) is 5.14 Å². The Balaban J connectivity index is 2.62. The third-order valence-electron chi connectivity index (χ3n) is 3.56. The first-order chi connectivity index (χ1) is 9.95. The highest BCUT2D eigenvalue weighted by molar-refractivity contribution is 7.95. The lowest BCUT2D eigenvalue weighted by Gasteiger charge is -2.28. The highest BCUT2D eigenvalue weighted by Crippen LogP contribution is 2.39. The van der Waals surface area contributed by atoms with Gasteiger partial charge in [-0.05, 0) is 13.0 Å². The van der Waals surface area contributed by atoms with Crippen molar-refractivity contribution < 1.29 is 21.6 Å². The van der Waals surface area contributed by atoms with Crippen molar-refractivity contribution in [3.63, 3.8) is 0 Å². The third kappa shape index (κ3) is 3.05. The molecule has 0 saturated carbocycles. The Morgan fingerprint density at radius 2 is 2.05 bits per heavy atom. The van der Waals surface area contributed by atoms with Crippen molar-refractivity contribution in [2.24, 2.45) is 11.1 Å². The lowest BCUT2D eigenvalue weighted by Crippen LogP contribution is -2.37. The minimum Gasteiger partial charge on any atom is -0.335 e. The van der Waals surface area contributed by atoms with Gasteiger partial charge in [-0.15, -0.1) is 11.3 Å². The predicted molar refractivity (Wildman–Crippen MR) is 82.7 cm³/mol. The molecule has 1 amide bonds. The molecule has 2 heterocycles. The molecule has 0 spiro atoms. The number of carbonyl (C=O) groups is 1. The Bertz CT molecular complexity index is 808. The normalized spacial score (nSPS) is 21.5. The van der Waals surface area contributed by atoms with Gasteiger partial charge in [0.1, 0.15) is 8.42 Å². The molecule has 1 aromatic rings. The molecule has 0 radical (unpaired) electrons. The first-order valence-electron chi connectivity index (χ1n) is 6.65. The molecule has 1 aliphatic heterocycles. The standard InChI is InChI=1S/C12H18N2O5S3/c1-7(2)11(15)14-4-5-21(16,17)12-9(8(14)3)6-10(20-12)22(13,18)19/h6-8H,4-5H2,1-3H3,(H2,13,18,19)/t8-/m1/s1. The van der Waals surface area contributed by atoms with E-state index in [0.717, 1.165) is 0 Å². The molecule has 1 aromatic heterocycles. The molecule has 1 atom stereocenters. The van der Waals surface area contributed by atoms with Gasteiger partial charge >= 0.3 is 0 Å². The van der Waals surface area contributed by atoms with Crippen molar-refractivity contribution in [2.45, 2.75) is 35.2 Å². The minimum atomic E-state index is -3.99. The summed E-state index contributed by atoms with van der Waals surface area (Å²) in [6.45, 7) is 5.25. The maximum atomic E-state index is 12.4. The van der Waals surface area contributed by atoms with Crippen molar-refractivity contribution in [2.75, 3.05) is 12.3 Å². The number of sulfonamides is 1. The number of fused-ring (bicyclic) bond motifs is 1. The van der Waals surface area contributed by atoms with E-state index in [1.54, 1.807) is 20.8 Å². The van der Waals surface area contributed by atoms with E-state index in [2.05, 4.69) is 0 Å². The van der Waals surface area contributed by atoms with Crippen LogP contribution in [-0.2, 0) is 24.7 Å². The lowest BCUT2D eigenvalue weighted by atomic mass is 10.1. The molecule has 22 heavy (non-hydrogen) atoms. The molecule has 0 saturated heterocycles. The van der Waals surface area contributed by atoms with Gasteiger partial charge in [0.2, 0.25) is 15.9 Å². The van der Waals surface area contributed by atoms with Crippen LogP contribution in [0.4, 0.5) is 0 Å². The Kier molecular flexibility index (Phi) is 4.42. The Morgan fingerprint density at radius 1 is 1.45 bits per heavy atom. The molecule has 7 nitrogen and oxygen atoms in total. The second-order valence-corrected chi connectivity index (χ2v) is 10.7. The quantitative estimate of drug-likeness (QED) is 0.828. The fourth-order valence-corrected chi connectivity index (χ4v) is 6.46.